The van der Waals surface area contributed by atoms with E-state index in [1.807, 2.05) is 6.07 Å². The molecule has 1 aliphatic rings. The molecule has 0 aromatic heterocycles. The van der Waals surface area contributed by atoms with Gasteiger partial charge in [-0.25, -0.2) is 0 Å². The molecule has 0 heterocycles. The molecular formula is C17H10BrClN2O3. The van der Waals surface area contributed by atoms with E-state index in [1.54, 1.807) is 12.1 Å². The van der Waals surface area contributed by atoms with Crippen molar-refractivity contribution in [3.05, 3.63) is 56.0 Å². The summed E-state index contributed by atoms with van der Waals surface area (Å²) >= 11 is 9.33. The van der Waals surface area contributed by atoms with Gasteiger partial charge in [0, 0.05) is 16.5 Å². The Morgan fingerprint density at radius 1 is 1.38 bits per heavy atom. The van der Waals surface area contributed by atoms with Crippen LogP contribution in [-0.2, 0) is 6.42 Å². The van der Waals surface area contributed by atoms with E-state index in [-0.39, 0.29) is 39.8 Å². The normalized spacial score (nSPS) is 12.6. The van der Waals surface area contributed by atoms with Crippen LogP contribution in [0.15, 0.2) is 28.7 Å². The van der Waals surface area contributed by atoms with Crippen molar-refractivity contribution < 1.29 is 14.7 Å². The van der Waals surface area contributed by atoms with Crippen LogP contribution in [0.5, 0.6) is 5.75 Å². The molecule has 24 heavy (non-hydrogen) atoms. The molecule has 0 atom stereocenters. The van der Waals surface area contributed by atoms with E-state index in [4.69, 9.17) is 11.6 Å². The van der Waals surface area contributed by atoms with Gasteiger partial charge in [-0.3, -0.25) is 9.59 Å². The highest BCUT2D eigenvalue weighted by Gasteiger charge is 2.27. The molecule has 0 fully saturated rings. The number of carbonyl (C=O) groups is 2. The minimum absolute atomic E-state index is 0.0154. The van der Waals surface area contributed by atoms with Crippen LogP contribution < -0.4 is 5.32 Å². The summed E-state index contributed by atoms with van der Waals surface area (Å²) < 4.78 is 0.558. The van der Waals surface area contributed by atoms with E-state index in [9.17, 15) is 20.0 Å². The number of ketones is 1. The lowest BCUT2D eigenvalue weighted by atomic mass is 10.0. The molecule has 2 aromatic rings. The minimum Gasteiger partial charge on any atom is -0.504 e. The minimum atomic E-state index is -0.550. The lowest BCUT2D eigenvalue weighted by Crippen LogP contribution is -2.13. The molecule has 2 aromatic carbocycles. The highest BCUT2D eigenvalue weighted by atomic mass is 79.9. The molecule has 1 amide bonds. The Balaban J connectivity index is 2.04. The van der Waals surface area contributed by atoms with Crippen LogP contribution >= 0.6 is 27.5 Å². The van der Waals surface area contributed by atoms with Crippen molar-refractivity contribution in [3.63, 3.8) is 0 Å². The lowest BCUT2D eigenvalue weighted by molar-refractivity contribution is 0.0991. The SMILES string of the molecule is N#Cc1c(O)c(NC(=O)c2cccc(Br)c2Cl)cc2c1CCC2=O. The number of hydrogen-bond donors (Lipinski definition) is 2. The van der Waals surface area contributed by atoms with Gasteiger partial charge in [0.2, 0.25) is 0 Å². The molecule has 120 valence electrons. The van der Waals surface area contributed by atoms with E-state index < -0.39 is 5.91 Å². The Hall–Kier alpha value is -2.36. The van der Waals surface area contributed by atoms with Crippen LogP contribution in [0, 0.1) is 11.3 Å². The lowest BCUT2D eigenvalue weighted by Gasteiger charge is -2.12. The Morgan fingerprint density at radius 3 is 2.83 bits per heavy atom. The number of Topliss-reactive ketones (excluding diaryl/α,β-unsaturated/α-hetero) is 1. The van der Waals surface area contributed by atoms with Crippen LogP contribution in [0.2, 0.25) is 5.02 Å². The van der Waals surface area contributed by atoms with Gasteiger partial charge in [-0.05, 0) is 46.1 Å². The number of nitriles is 1. The number of phenolic OH excluding ortho intramolecular Hbond substituents is 1. The van der Waals surface area contributed by atoms with Crippen molar-refractivity contribution in [2.45, 2.75) is 12.8 Å². The molecule has 0 saturated heterocycles. The van der Waals surface area contributed by atoms with E-state index in [1.165, 1.54) is 12.1 Å². The molecule has 3 rings (SSSR count). The van der Waals surface area contributed by atoms with Gasteiger partial charge >= 0.3 is 0 Å². The highest BCUT2D eigenvalue weighted by Crippen LogP contribution is 2.37. The van der Waals surface area contributed by atoms with Crippen molar-refractivity contribution in [2.75, 3.05) is 5.32 Å². The van der Waals surface area contributed by atoms with Crippen LogP contribution in [-0.4, -0.2) is 16.8 Å². The fraction of sp³-hybridized carbons (Fsp3) is 0.118. The second-order valence-electron chi connectivity index (χ2n) is 5.26. The maximum Gasteiger partial charge on any atom is 0.257 e. The Bertz CT molecular complexity index is 934. The monoisotopic (exact) mass is 404 g/mol. The van der Waals surface area contributed by atoms with Gasteiger partial charge in [-0.1, -0.05) is 17.7 Å². The Labute approximate surface area is 151 Å². The third kappa shape index (κ3) is 2.66. The van der Waals surface area contributed by atoms with Gasteiger partial charge in [-0.2, -0.15) is 5.26 Å². The average molecular weight is 406 g/mol. The molecule has 7 heteroatoms. The molecule has 1 aliphatic carbocycles. The molecular weight excluding hydrogens is 396 g/mol. The van der Waals surface area contributed by atoms with E-state index in [0.717, 1.165) is 0 Å². The van der Waals surface area contributed by atoms with Gasteiger partial charge in [-0.15, -0.1) is 0 Å². The van der Waals surface area contributed by atoms with Gasteiger partial charge in [0.15, 0.2) is 11.5 Å². The number of hydrogen-bond acceptors (Lipinski definition) is 4. The summed E-state index contributed by atoms with van der Waals surface area (Å²) in [5, 5.41) is 22.3. The van der Waals surface area contributed by atoms with Gasteiger partial charge in [0.25, 0.3) is 5.91 Å². The maximum atomic E-state index is 12.4. The first-order valence-electron chi connectivity index (χ1n) is 7.01. The molecule has 0 saturated carbocycles. The number of carbonyl (C=O) groups excluding carboxylic acids is 2. The van der Waals surface area contributed by atoms with Crippen LogP contribution in [0.25, 0.3) is 0 Å². The Morgan fingerprint density at radius 2 is 2.12 bits per heavy atom. The number of anilines is 1. The van der Waals surface area contributed by atoms with Crippen molar-refractivity contribution in [1.29, 1.82) is 5.26 Å². The van der Waals surface area contributed by atoms with Crippen LogP contribution in [0.3, 0.4) is 0 Å². The van der Waals surface area contributed by atoms with Crippen molar-refractivity contribution in [3.8, 4) is 11.8 Å². The summed E-state index contributed by atoms with van der Waals surface area (Å²) in [5.74, 6) is -1.01. The molecule has 0 spiro atoms. The smallest absolute Gasteiger partial charge is 0.257 e. The number of fused-ring (bicyclic) bond motifs is 1. The Kier molecular flexibility index (Phi) is 4.31. The van der Waals surface area contributed by atoms with Crippen molar-refractivity contribution in [2.24, 2.45) is 0 Å². The summed E-state index contributed by atoms with van der Waals surface area (Å²) in [6.07, 6.45) is 0.703. The summed E-state index contributed by atoms with van der Waals surface area (Å²) in [5.41, 5.74) is 1.13. The molecule has 0 unspecified atom stereocenters. The third-order valence-corrected chi connectivity index (χ3v) is 5.16. The topological polar surface area (TPSA) is 90.2 Å². The predicted molar refractivity (Wildman–Crippen MR) is 92.6 cm³/mol. The molecule has 2 N–H and O–H groups in total. The van der Waals surface area contributed by atoms with E-state index >= 15 is 0 Å². The fourth-order valence-corrected chi connectivity index (χ4v) is 3.26. The average Bonchev–Trinajstić information content (AvgIpc) is 2.91. The summed E-state index contributed by atoms with van der Waals surface area (Å²) in [6.45, 7) is 0. The van der Waals surface area contributed by atoms with Crippen LogP contribution in [0.4, 0.5) is 5.69 Å². The standard InChI is InChI=1S/C17H10BrClN2O3/c18-12-3-1-2-9(15(12)19)17(24)21-13-6-10-8(4-5-14(10)22)11(7-20)16(13)23/h1-3,6,23H,4-5H2,(H,21,24). The molecule has 0 bridgehead atoms. The molecule has 0 aliphatic heterocycles. The zero-order valence-corrected chi connectivity index (χ0v) is 14.5. The highest BCUT2D eigenvalue weighted by molar-refractivity contribution is 9.10. The predicted octanol–water partition coefficient (Wildman–Crippen LogP) is 4.06. The number of halogens is 2. The second kappa shape index (κ2) is 6.27. The first kappa shape index (κ1) is 16.5. The van der Waals surface area contributed by atoms with Gasteiger partial charge < -0.3 is 10.4 Å². The van der Waals surface area contributed by atoms with Crippen LogP contribution in [0.1, 0.15) is 38.3 Å². The molecule has 0 radical (unpaired) electrons. The molecule has 5 nitrogen and oxygen atoms in total. The largest absolute Gasteiger partial charge is 0.504 e. The van der Waals surface area contributed by atoms with E-state index in [2.05, 4.69) is 21.2 Å². The zero-order valence-electron chi connectivity index (χ0n) is 12.2. The second-order valence-corrected chi connectivity index (χ2v) is 6.50. The quantitative estimate of drug-likeness (QED) is 0.737. The number of nitrogens with one attached hydrogen (secondary N) is 1. The number of phenols is 1. The number of nitrogens with zero attached hydrogens (tertiary/aromatic N) is 1. The van der Waals surface area contributed by atoms with E-state index in [0.29, 0.717) is 22.0 Å². The third-order valence-electron chi connectivity index (χ3n) is 3.87. The number of aromatic hydroxyl groups is 1. The van der Waals surface area contributed by atoms with Crippen molar-refractivity contribution >= 4 is 44.9 Å². The summed E-state index contributed by atoms with van der Waals surface area (Å²) in [6, 6.07) is 8.18. The van der Waals surface area contributed by atoms with Gasteiger partial charge in [0.1, 0.15) is 6.07 Å². The fourth-order valence-electron chi connectivity index (χ4n) is 2.68. The number of benzene rings is 2. The van der Waals surface area contributed by atoms with Crippen molar-refractivity contribution in [1.82, 2.24) is 0 Å². The summed E-state index contributed by atoms with van der Waals surface area (Å²) in [7, 11) is 0. The first-order valence-corrected chi connectivity index (χ1v) is 8.18. The zero-order chi connectivity index (χ0) is 17.4. The van der Waals surface area contributed by atoms with Gasteiger partial charge in [0.05, 0.1) is 21.8 Å². The number of amides is 1. The maximum absolute atomic E-state index is 12.4. The first-order chi connectivity index (χ1) is 11.4. The number of rotatable bonds is 2. The summed E-state index contributed by atoms with van der Waals surface area (Å²) in [4.78, 5) is 24.3.